The zero-order valence-corrected chi connectivity index (χ0v) is 17.7. The molecule has 7 nitrogen and oxygen atoms in total. The van der Waals surface area contributed by atoms with Crippen LogP contribution in [-0.4, -0.2) is 73.2 Å². The minimum absolute atomic E-state index is 0. The number of nitrogens with zero attached hydrogens (tertiary/aromatic N) is 4. The Hall–Kier alpha value is -0.870. The molecule has 1 aliphatic rings. The SMILES string of the molecule is CCNC(=NCCn1cccn1)N1CCC(OCCCOC)CC1.I. The van der Waals surface area contributed by atoms with Crippen LogP contribution in [0.25, 0.3) is 0 Å². The van der Waals surface area contributed by atoms with Crippen molar-refractivity contribution in [2.24, 2.45) is 4.99 Å². The van der Waals surface area contributed by atoms with Gasteiger partial charge in [0, 0.05) is 52.4 Å². The summed E-state index contributed by atoms with van der Waals surface area (Å²) in [6.07, 6.45) is 7.20. The lowest BCUT2D eigenvalue weighted by Crippen LogP contribution is -2.47. The van der Waals surface area contributed by atoms with Crippen molar-refractivity contribution in [3.8, 4) is 0 Å². The van der Waals surface area contributed by atoms with E-state index in [9.17, 15) is 0 Å². The number of rotatable bonds is 9. The number of piperidine rings is 1. The summed E-state index contributed by atoms with van der Waals surface area (Å²) in [6.45, 7) is 8.06. The average Bonchev–Trinajstić information content (AvgIpc) is 3.12. The summed E-state index contributed by atoms with van der Waals surface area (Å²) >= 11 is 0. The Morgan fingerprint density at radius 2 is 2.12 bits per heavy atom. The fourth-order valence-electron chi connectivity index (χ4n) is 2.80. The van der Waals surface area contributed by atoms with Gasteiger partial charge in [0.05, 0.1) is 19.2 Å². The first-order chi connectivity index (χ1) is 11.8. The first-order valence-electron chi connectivity index (χ1n) is 8.94. The first-order valence-corrected chi connectivity index (χ1v) is 8.94. The molecule has 8 heteroatoms. The highest BCUT2D eigenvalue weighted by molar-refractivity contribution is 14.0. The number of ether oxygens (including phenoxy) is 2. The van der Waals surface area contributed by atoms with Crippen LogP contribution in [0.5, 0.6) is 0 Å². The second kappa shape index (κ2) is 13.3. The highest BCUT2D eigenvalue weighted by atomic mass is 127. The molecule has 144 valence electrons. The molecule has 0 spiro atoms. The van der Waals surface area contributed by atoms with Crippen LogP contribution in [0.2, 0.25) is 0 Å². The van der Waals surface area contributed by atoms with Crippen LogP contribution in [0, 0.1) is 0 Å². The van der Waals surface area contributed by atoms with Crippen molar-refractivity contribution in [2.45, 2.75) is 38.8 Å². The molecule has 0 aliphatic carbocycles. The molecule has 0 aromatic carbocycles. The Morgan fingerprint density at radius 3 is 2.76 bits per heavy atom. The van der Waals surface area contributed by atoms with Crippen molar-refractivity contribution in [1.29, 1.82) is 0 Å². The fourth-order valence-corrected chi connectivity index (χ4v) is 2.80. The maximum Gasteiger partial charge on any atom is 0.193 e. The lowest BCUT2D eigenvalue weighted by Gasteiger charge is -2.34. The van der Waals surface area contributed by atoms with Crippen molar-refractivity contribution in [3.63, 3.8) is 0 Å². The van der Waals surface area contributed by atoms with E-state index in [0.717, 1.165) is 71.2 Å². The van der Waals surface area contributed by atoms with E-state index in [2.05, 4.69) is 22.2 Å². The molecule has 1 N–H and O–H groups in total. The summed E-state index contributed by atoms with van der Waals surface area (Å²) in [5.74, 6) is 1.00. The van der Waals surface area contributed by atoms with Crippen LogP contribution >= 0.6 is 24.0 Å². The average molecular weight is 465 g/mol. The molecule has 1 fully saturated rings. The van der Waals surface area contributed by atoms with E-state index in [0.29, 0.717) is 6.10 Å². The Kier molecular flexibility index (Phi) is 11.8. The van der Waals surface area contributed by atoms with E-state index in [4.69, 9.17) is 14.5 Å². The van der Waals surface area contributed by atoms with Gasteiger partial charge in [0.2, 0.25) is 0 Å². The zero-order valence-electron chi connectivity index (χ0n) is 15.4. The number of aliphatic imine (C=N–C) groups is 1. The van der Waals surface area contributed by atoms with E-state index in [1.165, 1.54) is 0 Å². The largest absolute Gasteiger partial charge is 0.385 e. The summed E-state index contributed by atoms with van der Waals surface area (Å²) < 4.78 is 12.9. The van der Waals surface area contributed by atoms with Gasteiger partial charge in [-0.3, -0.25) is 9.67 Å². The monoisotopic (exact) mass is 465 g/mol. The quantitative estimate of drug-likeness (QED) is 0.262. The van der Waals surface area contributed by atoms with Crippen LogP contribution in [0.15, 0.2) is 23.5 Å². The summed E-state index contributed by atoms with van der Waals surface area (Å²) in [5.41, 5.74) is 0. The van der Waals surface area contributed by atoms with Gasteiger partial charge in [-0.15, -0.1) is 24.0 Å². The molecule has 1 aromatic heterocycles. The predicted molar refractivity (Wildman–Crippen MR) is 111 cm³/mol. The molecule has 1 aliphatic heterocycles. The van der Waals surface area contributed by atoms with Gasteiger partial charge in [-0.05, 0) is 32.3 Å². The maximum atomic E-state index is 5.92. The number of likely N-dealkylation sites (tertiary alicyclic amines) is 1. The molecule has 0 amide bonds. The molecule has 2 rings (SSSR count). The van der Waals surface area contributed by atoms with Gasteiger partial charge >= 0.3 is 0 Å². The molecule has 1 aromatic rings. The minimum atomic E-state index is 0. The van der Waals surface area contributed by atoms with Gasteiger partial charge in [-0.25, -0.2) is 0 Å². The first kappa shape index (κ1) is 22.2. The number of hydrogen-bond acceptors (Lipinski definition) is 4. The predicted octanol–water partition coefficient (Wildman–Crippen LogP) is 1.98. The second-order valence-corrected chi connectivity index (χ2v) is 5.91. The Balaban J connectivity index is 0.00000312. The van der Waals surface area contributed by atoms with Crippen molar-refractivity contribution in [3.05, 3.63) is 18.5 Å². The number of aromatic nitrogens is 2. The van der Waals surface area contributed by atoms with E-state index in [1.54, 1.807) is 13.3 Å². The third-order valence-electron chi connectivity index (χ3n) is 4.07. The lowest BCUT2D eigenvalue weighted by atomic mass is 10.1. The van der Waals surface area contributed by atoms with Crippen LogP contribution < -0.4 is 5.32 Å². The van der Waals surface area contributed by atoms with Crippen LogP contribution in [0.3, 0.4) is 0 Å². The van der Waals surface area contributed by atoms with Crippen molar-refractivity contribution < 1.29 is 9.47 Å². The highest BCUT2D eigenvalue weighted by Gasteiger charge is 2.21. The van der Waals surface area contributed by atoms with Crippen molar-refractivity contribution in [1.82, 2.24) is 20.0 Å². The number of hydrogen-bond donors (Lipinski definition) is 1. The minimum Gasteiger partial charge on any atom is -0.385 e. The Morgan fingerprint density at radius 1 is 1.32 bits per heavy atom. The van der Waals surface area contributed by atoms with E-state index >= 15 is 0 Å². The number of halogens is 1. The number of nitrogens with one attached hydrogen (secondary N) is 1. The van der Waals surface area contributed by atoms with E-state index in [1.807, 2.05) is 16.9 Å². The molecule has 1 saturated heterocycles. The van der Waals surface area contributed by atoms with Crippen LogP contribution in [-0.2, 0) is 16.0 Å². The number of methoxy groups -OCH3 is 1. The van der Waals surface area contributed by atoms with Crippen LogP contribution in [0.4, 0.5) is 0 Å². The molecule has 0 unspecified atom stereocenters. The molecular formula is C17H32IN5O2. The fraction of sp³-hybridized carbons (Fsp3) is 0.765. The van der Waals surface area contributed by atoms with Gasteiger partial charge in [-0.2, -0.15) is 5.10 Å². The van der Waals surface area contributed by atoms with Crippen LogP contribution in [0.1, 0.15) is 26.2 Å². The Bertz CT molecular complexity index is 462. The highest BCUT2D eigenvalue weighted by Crippen LogP contribution is 2.14. The third-order valence-corrected chi connectivity index (χ3v) is 4.07. The molecule has 0 atom stereocenters. The maximum absolute atomic E-state index is 5.92. The van der Waals surface area contributed by atoms with E-state index < -0.39 is 0 Å². The smallest absolute Gasteiger partial charge is 0.193 e. The lowest BCUT2D eigenvalue weighted by molar-refractivity contribution is 0.00990. The van der Waals surface area contributed by atoms with Crippen molar-refractivity contribution >= 4 is 29.9 Å². The summed E-state index contributed by atoms with van der Waals surface area (Å²) in [5, 5.41) is 7.61. The van der Waals surface area contributed by atoms with Gasteiger partial charge < -0.3 is 19.7 Å². The second-order valence-electron chi connectivity index (χ2n) is 5.91. The van der Waals surface area contributed by atoms with E-state index in [-0.39, 0.29) is 24.0 Å². The molecule has 25 heavy (non-hydrogen) atoms. The summed E-state index contributed by atoms with van der Waals surface area (Å²) in [7, 11) is 1.73. The molecule has 0 radical (unpaired) electrons. The summed E-state index contributed by atoms with van der Waals surface area (Å²) in [6, 6.07) is 1.94. The van der Waals surface area contributed by atoms with Gasteiger partial charge in [0.15, 0.2) is 5.96 Å². The van der Waals surface area contributed by atoms with Gasteiger partial charge in [0.25, 0.3) is 0 Å². The van der Waals surface area contributed by atoms with Gasteiger partial charge in [0.1, 0.15) is 0 Å². The molecule has 0 saturated carbocycles. The Labute approximate surface area is 168 Å². The molecule has 2 heterocycles. The normalized spacial score (nSPS) is 15.9. The summed E-state index contributed by atoms with van der Waals surface area (Å²) in [4.78, 5) is 7.07. The van der Waals surface area contributed by atoms with Gasteiger partial charge in [-0.1, -0.05) is 0 Å². The third kappa shape index (κ3) is 8.37. The topological polar surface area (TPSA) is 63.9 Å². The standard InChI is InChI=1S/C17H31N5O2.HI/c1-3-18-17(19-9-13-22-10-4-8-20-22)21-11-6-16(7-12-21)24-15-5-14-23-2;/h4,8,10,16H,3,5-7,9,11-15H2,1-2H3,(H,18,19);1H. The molecular weight excluding hydrogens is 433 g/mol. The van der Waals surface area contributed by atoms with Crippen molar-refractivity contribution in [2.75, 3.05) is 46.5 Å². The number of guanidine groups is 1. The molecule has 0 bridgehead atoms. The zero-order chi connectivity index (χ0) is 17.0.